The first kappa shape index (κ1) is 24.5. The Balaban J connectivity index is 1.34. The first-order valence-corrected chi connectivity index (χ1v) is 17.7. The van der Waals surface area contributed by atoms with Crippen LogP contribution in [0.5, 0.6) is 0 Å². The van der Waals surface area contributed by atoms with Gasteiger partial charge >= 0.3 is 6.85 Å². The third-order valence-corrected chi connectivity index (χ3v) is 13.4. The highest BCUT2D eigenvalue weighted by Crippen LogP contribution is 2.59. The normalized spacial score (nSPS) is 15.6. The summed E-state index contributed by atoms with van der Waals surface area (Å²) in [6.45, 7) is 4.92. The molecule has 0 unspecified atom stereocenters. The van der Waals surface area contributed by atoms with E-state index in [9.17, 15) is 0 Å². The van der Waals surface area contributed by atoms with E-state index in [1.165, 1.54) is 102 Å². The van der Waals surface area contributed by atoms with Crippen molar-refractivity contribution >= 4 is 89.0 Å². The van der Waals surface area contributed by atoms with E-state index < -0.39 is 0 Å². The fourth-order valence-corrected chi connectivity index (χ4v) is 11.8. The molecule has 0 saturated heterocycles. The van der Waals surface area contributed by atoms with E-state index in [0.29, 0.717) is 0 Å². The van der Waals surface area contributed by atoms with Gasteiger partial charge in [0.15, 0.2) is 0 Å². The third-order valence-electron chi connectivity index (χ3n) is 11.1. The average Bonchev–Trinajstić information content (AvgIpc) is 3.71. The van der Waals surface area contributed by atoms with Crippen LogP contribution in [0.1, 0.15) is 25.0 Å². The second-order valence-corrected chi connectivity index (χ2v) is 15.8. The fourth-order valence-electron chi connectivity index (χ4n) is 9.40. The molecule has 0 fully saturated rings. The summed E-state index contributed by atoms with van der Waals surface area (Å²) in [4.78, 5) is 5.24. The van der Waals surface area contributed by atoms with Crippen LogP contribution in [-0.4, -0.2) is 11.3 Å². The predicted octanol–water partition coefficient (Wildman–Crippen LogP) is 10.2. The summed E-state index contributed by atoms with van der Waals surface area (Å²) in [5.74, 6) is 0. The molecule has 2 nitrogen and oxygen atoms in total. The topological polar surface area (TPSA) is 8.17 Å². The molecule has 12 rings (SSSR count). The van der Waals surface area contributed by atoms with Crippen LogP contribution >= 0.6 is 23.1 Å². The number of para-hydroxylation sites is 3. The van der Waals surface area contributed by atoms with Crippen LogP contribution in [0.4, 0.5) is 17.1 Å². The molecule has 214 valence electrons. The average molecular weight is 621 g/mol. The minimum absolute atomic E-state index is 0.0692. The third kappa shape index (κ3) is 2.62. The molecule has 5 heterocycles. The van der Waals surface area contributed by atoms with Gasteiger partial charge in [0, 0.05) is 74.4 Å². The Kier molecular flexibility index (Phi) is 4.25. The Morgan fingerprint density at radius 2 is 1.43 bits per heavy atom. The molecule has 0 radical (unpaired) electrons. The molecule has 0 atom stereocenters. The molecule has 0 N–H and O–H groups in total. The van der Waals surface area contributed by atoms with E-state index in [4.69, 9.17) is 0 Å². The number of thiophene rings is 1. The standard InChI is InChI=1S/C41H25BN2S2/c1-41(2)27-15-5-3-12-23(27)38-35(41)25-14-9-13-24-34-36-30(21-26-22-11-4-7-18-31(22)46-40(26)34)43-29-17-6-8-19-32(29)45-33-20-10-16-28(39(33)43)42(36)44(38)37(24)25/h3-21H,1-2H3. The predicted molar refractivity (Wildman–Crippen MR) is 197 cm³/mol. The molecule has 46 heavy (non-hydrogen) atoms. The second kappa shape index (κ2) is 7.98. The molecule has 0 amide bonds. The van der Waals surface area contributed by atoms with E-state index in [2.05, 4.69) is 138 Å². The molecule has 0 saturated carbocycles. The van der Waals surface area contributed by atoms with Gasteiger partial charge in [0.2, 0.25) is 0 Å². The lowest BCUT2D eigenvalue weighted by molar-refractivity contribution is 0.666. The number of rotatable bonds is 0. The molecule has 3 aliphatic heterocycles. The second-order valence-electron chi connectivity index (χ2n) is 13.6. The zero-order valence-corrected chi connectivity index (χ0v) is 26.9. The summed E-state index contributed by atoms with van der Waals surface area (Å²) < 4.78 is 5.52. The minimum Gasteiger partial charge on any atom is -0.375 e. The van der Waals surface area contributed by atoms with Gasteiger partial charge in [-0.2, -0.15) is 0 Å². The Morgan fingerprint density at radius 3 is 2.39 bits per heavy atom. The number of aromatic nitrogens is 1. The van der Waals surface area contributed by atoms with Gasteiger partial charge in [-0.1, -0.05) is 111 Å². The van der Waals surface area contributed by atoms with Gasteiger partial charge in [0.1, 0.15) is 0 Å². The van der Waals surface area contributed by atoms with E-state index >= 15 is 0 Å². The molecule has 5 heteroatoms. The first-order valence-electron chi connectivity index (χ1n) is 16.1. The maximum absolute atomic E-state index is 2.76. The summed E-state index contributed by atoms with van der Waals surface area (Å²) in [5, 5.41) is 4.11. The van der Waals surface area contributed by atoms with Crippen molar-refractivity contribution in [2.45, 2.75) is 29.1 Å². The SMILES string of the molecule is CC1(C)c2ccccc2-c2c1c1cccc3c1n2B1c2cccc4c2N(c2ccccc2S4)c2cc4c(sc5ccccc54)c-3c21. The van der Waals surface area contributed by atoms with Gasteiger partial charge in [-0.15, -0.1) is 11.3 Å². The minimum atomic E-state index is -0.0913. The molecule has 4 aliphatic rings. The van der Waals surface area contributed by atoms with Crippen LogP contribution in [-0.2, 0) is 5.41 Å². The van der Waals surface area contributed by atoms with Crippen LogP contribution in [0.3, 0.4) is 0 Å². The monoisotopic (exact) mass is 620 g/mol. The molecule has 2 aromatic heterocycles. The number of benzene rings is 6. The number of anilines is 3. The van der Waals surface area contributed by atoms with Crippen LogP contribution in [0.2, 0.25) is 0 Å². The van der Waals surface area contributed by atoms with Crippen molar-refractivity contribution in [1.82, 2.24) is 4.48 Å². The Hall–Kier alpha value is -4.71. The maximum atomic E-state index is 2.76. The summed E-state index contributed by atoms with van der Waals surface area (Å²) in [6.07, 6.45) is 0. The smallest absolute Gasteiger partial charge is 0.333 e. The lowest BCUT2D eigenvalue weighted by Gasteiger charge is -2.43. The Morgan fingerprint density at radius 1 is 0.674 bits per heavy atom. The fraction of sp³-hybridized carbons (Fsp3) is 0.0732. The number of hydrogen-bond donors (Lipinski definition) is 0. The van der Waals surface area contributed by atoms with Crippen molar-refractivity contribution in [1.29, 1.82) is 0 Å². The van der Waals surface area contributed by atoms with Crippen molar-refractivity contribution in [2.75, 3.05) is 4.90 Å². The van der Waals surface area contributed by atoms with Gasteiger partial charge in [-0.25, -0.2) is 0 Å². The van der Waals surface area contributed by atoms with Gasteiger partial charge in [-0.3, -0.25) is 0 Å². The molecule has 6 aromatic carbocycles. The summed E-state index contributed by atoms with van der Waals surface area (Å²) in [7, 11) is 0. The van der Waals surface area contributed by atoms with Crippen molar-refractivity contribution in [3.8, 4) is 22.4 Å². The Bertz CT molecular complexity index is 2730. The highest BCUT2D eigenvalue weighted by atomic mass is 32.2. The first-order chi connectivity index (χ1) is 22.6. The molecule has 1 aliphatic carbocycles. The van der Waals surface area contributed by atoms with E-state index in [1.807, 2.05) is 23.1 Å². The summed E-state index contributed by atoms with van der Waals surface area (Å²) in [6, 6.07) is 43.7. The van der Waals surface area contributed by atoms with Crippen LogP contribution in [0.15, 0.2) is 125 Å². The number of fused-ring (bicyclic) bond motifs is 15. The molecule has 8 aromatic rings. The molecule has 0 spiro atoms. The van der Waals surface area contributed by atoms with Crippen molar-refractivity contribution in [2.24, 2.45) is 0 Å². The summed E-state index contributed by atoms with van der Waals surface area (Å²) >= 11 is 3.87. The van der Waals surface area contributed by atoms with Gasteiger partial charge < -0.3 is 9.38 Å². The molecular formula is C41H25BN2S2. The maximum Gasteiger partial charge on any atom is 0.333 e. The highest BCUT2D eigenvalue weighted by molar-refractivity contribution is 7.99. The van der Waals surface area contributed by atoms with Crippen molar-refractivity contribution in [3.05, 3.63) is 126 Å². The lowest BCUT2D eigenvalue weighted by atomic mass is 9.45. The summed E-state index contributed by atoms with van der Waals surface area (Å²) in [5.41, 5.74) is 16.5. The van der Waals surface area contributed by atoms with E-state index in [1.54, 1.807) is 0 Å². The van der Waals surface area contributed by atoms with Crippen molar-refractivity contribution < 1.29 is 0 Å². The van der Waals surface area contributed by atoms with Crippen LogP contribution in [0, 0.1) is 0 Å². The zero-order chi connectivity index (χ0) is 30.1. The van der Waals surface area contributed by atoms with Crippen molar-refractivity contribution in [3.63, 3.8) is 0 Å². The Labute approximate surface area is 275 Å². The van der Waals surface area contributed by atoms with E-state index in [0.717, 1.165) is 0 Å². The van der Waals surface area contributed by atoms with Gasteiger partial charge in [-0.05, 0) is 52.4 Å². The quantitative estimate of drug-likeness (QED) is 0.156. The van der Waals surface area contributed by atoms with Crippen LogP contribution in [0.25, 0.3) is 53.5 Å². The number of hydrogen-bond acceptors (Lipinski definition) is 3. The van der Waals surface area contributed by atoms with Crippen LogP contribution < -0.4 is 15.8 Å². The highest BCUT2D eigenvalue weighted by Gasteiger charge is 2.49. The largest absolute Gasteiger partial charge is 0.375 e. The molecule has 0 bridgehead atoms. The van der Waals surface area contributed by atoms with Gasteiger partial charge in [0.25, 0.3) is 0 Å². The number of nitrogens with zero attached hydrogens (tertiary/aromatic N) is 2. The van der Waals surface area contributed by atoms with E-state index in [-0.39, 0.29) is 12.3 Å². The zero-order valence-electron chi connectivity index (χ0n) is 25.3. The lowest BCUT2D eigenvalue weighted by Crippen LogP contribution is -2.57. The molecular weight excluding hydrogens is 595 g/mol. The van der Waals surface area contributed by atoms with Gasteiger partial charge in [0.05, 0.1) is 11.4 Å².